The number of aromatic nitrogens is 1. The van der Waals surface area contributed by atoms with Crippen molar-refractivity contribution < 1.29 is 23.1 Å². The molecule has 8 nitrogen and oxygen atoms in total. The smallest absolute Gasteiger partial charge is 0.352 e. The van der Waals surface area contributed by atoms with Crippen LogP contribution in [0.2, 0.25) is 0 Å². The Morgan fingerprint density at radius 3 is 2.40 bits per heavy atom. The van der Waals surface area contributed by atoms with E-state index in [2.05, 4.69) is 9.71 Å². The second-order valence-corrected chi connectivity index (χ2v) is 6.06. The van der Waals surface area contributed by atoms with Gasteiger partial charge in [0.2, 0.25) is 15.9 Å². The Morgan fingerprint density at radius 2 is 1.95 bits per heavy atom. The molecule has 1 rings (SSSR count). The van der Waals surface area contributed by atoms with Crippen LogP contribution in [-0.4, -0.2) is 36.9 Å². The SMILES string of the molecule is Cc1[nH]c(C(=O)O)c(C)c1S(=O)(=O)NCCCC(N)=O. The van der Waals surface area contributed by atoms with Crippen molar-refractivity contribution in [2.75, 3.05) is 6.54 Å². The van der Waals surface area contributed by atoms with E-state index in [9.17, 15) is 18.0 Å². The van der Waals surface area contributed by atoms with E-state index < -0.39 is 21.9 Å². The Labute approximate surface area is 116 Å². The van der Waals surface area contributed by atoms with Crippen LogP contribution in [0.4, 0.5) is 0 Å². The van der Waals surface area contributed by atoms with Gasteiger partial charge < -0.3 is 15.8 Å². The summed E-state index contributed by atoms with van der Waals surface area (Å²) >= 11 is 0. The number of carbonyl (C=O) groups excluding carboxylic acids is 1. The van der Waals surface area contributed by atoms with Crippen molar-refractivity contribution in [1.82, 2.24) is 9.71 Å². The van der Waals surface area contributed by atoms with Gasteiger partial charge in [0, 0.05) is 24.2 Å². The average Bonchev–Trinajstić information content (AvgIpc) is 2.61. The first-order chi connectivity index (χ1) is 9.16. The van der Waals surface area contributed by atoms with Gasteiger partial charge in [0.1, 0.15) is 10.6 Å². The molecule has 1 heterocycles. The van der Waals surface area contributed by atoms with Crippen molar-refractivity contribution in [3.05, 3.63) is 17.0 Å². The molecule has 5 N–H and O–H groups in total. The van der Waals surface area contributed by atoms with Gasteiger partial charge in [0.25, 0.3) is 0 Å². The minimum atomic E-state index is -3.83. The quantitative estimate of drug-likeness (QED) is 0.519. The van der Waals surface area contributed by atoms with E-state index >= 15 is 0 Å². The highest BCUT2D eigenvalue weighted by atomic mass is 32.2. The van der Waals surface area contributed by atoms with Crippen LogP contribution in [-0.2, 0) is 14.8 Å². The summed E-state index contributed by atoms with van der Waals surface area (Å²) in [6.45, 7) is 2.96. The number of primary amides is 1. The summed E-state index contributed by atoms with van der Waals surface area (Å²) in [7, 11) is -3.83. The largest absolute Gasteiger partial charge is 0.477 e. The highest BCUT2D eigenvalue weighted by Crippen LogP contribution is 2.22. The predicted molar refractivity (Wildman–Crippen MR) is 70.8 cm³/mol. The normalized spacial score (nSPS) is 11.5. The number of sulfonamides is 1. The number of nitrogens with one attached hydrogen (secondary N) is 2. The average molecular weight is 303 g/mol. The Kier molecular flexibility index (Phi) is 4.90. The number of carbonyl (C=O) groups is 2. The first-order valence-corrected chi connectivity index (χ1v) is 7.35. The third-order valence-corrected chi connectivity index (χ3v) is 4.48. The number of carboxylic acids is 1. The molecule has 9 heteroatoms. The van der Waals surface area contributed by atoms with Gasteiger partial charge in [-0.25, -0.2) is 17.9 Å². The van der Waals surface area contributed by atoms with E-state index in [1.165, 1.54) is 13.8 Å². The maximum Gasteiger partial charge on any atom is 0.352 e. The lowest BCUT2D eigenvalue weighted by Gasteiger charge is -2.07. The fourth-order valence-corrected chi connectivity index (χ4v) is 3.41. The number of aryl methyl sites for hydroxylation is 1. The van der Waals surface area contributed by atoms with Crippen LogP contribution in [0.15, 0.2) is 4.90 Å². The standard InChI is InChI=1S/C11H17N3O5S/c1-6-9(11(16)17)14-7(2)10(6)20(18,19)13-5-3-4-8(12)15/h13-14H,3-5H2,1-2H3,(H2,12,15)(H,16,17). The molecule has 1 amide bonds. The molecule has 0 spiro atoms. The number of aromatic carboxylic acids is 1. The van der Waals surface area contributed by atoms with Crippen LogP contribution in [0.25, 0.3) is 0 Å². The summed E-state index contributed by atoms with van der Waals surface area (Å²) in [5.74, 6) is -1.73. The number of H-pyrrole nitrogens is 1. The maximum absolute atomic E-state index is 12.1. The molecule has 0 aromatic carbocycles. The van der Waals surface area contributed by atoms with Gasteiger partial charge in [-0.2, -0.15) is 0 Å². The number of carboxylic acid groups (broad SMARTS) is 1. The molecule has 0 aliphatic heterocycles. The lowest BCUT2D eigenvalue weighted by Crippen LogP contribution is -2.26. The number of nitrogens with two attached hydrogens (primary N) is 1. The Balaban J connectivity index is 2.93. The van der Waals surface area contributed by atoms with Gasteiger partial charge in [0.05, 0.1) is 0 Å². The molecule has 112 valence electrons. The summed E-state index contributed by atoms with van der Waals surface area (Å²) in [5.41, 5.74) is 5.20. The van der Waals surface area contributed by atoms with E-state index in [-0.39, 0.29) is 41.2 Å². The van der Waals surface area contributed by atoms with Gasteiger partial charge in [-0.05, 0) is 20.3 Å². The molecular weight excluding hydrogens is 286 g/mol. The van der Waals surface area contributed by atoms with Crippen molar-refractivity contribution in [2.45, 2.75) is 31.6 Å². The first kappa shape index (κ1) is 16.2. The molecule has 0 radical (unpaired) electrons. The van der Waals surface area contributed by atoms with Crippen molar-refractivity contribution in [1.29, 1.82) is 0 Å². The van der Waals surface area contributed by atoms with Crippen molar-refractivity contribution in [3.8, 4) is 0 Å². The van der Waals surface area contributed by atoms with Crippen LogP contribution < -0.4 is 10.5 Å². The van der Waals surface area contributed by atoms with Crippen LogP contribution >= 0.6 is 0 Å². The summed E-state index contributed by atoms with van der Waals surface area (Å²) in [4.78, 5) is 24.0. The van der Waals surface area contributed by atoms with Crippen LogP contribution in [0.5, 0.6) is 0 Å². The van der Waals surface area contributed by atoms with Crippen molar-refractivity contribution in [2.24, 2.45) is 5.73 Å². The van der Waals surface area contributed by atoms with E-state index in [4.69, 9.17) is 10.8 Å². The molecule has 0 aliphatic carbocycles. The molecule has 0 bridgehead atoms. The molecule has 0 fully saturated rings. The third kappa shape index (κ3) is 3.58. The topological polar surface area (TPSA) is 142 Å². The second-order valence-electron chi connectivity index (χ2n) is 4.35. The van der Waals surface area contributed by atoms with E-state index in [1.807, 2.05) is 0 Å². The lowest BCUT2D eigenvalue weighted by molar-refractivity contribution is -0.118. The van der Waals surface area contributed by atoms with Gasteiger partial charge >= 0.3 is 5.97 Å². The molecule has 0 saturated heterocycles. The zero-order chi connectivity index (χ0) is 15.5. The van der Waals surface area contributed by atoms with Gasteiger partial charge in [-0.3, -0.25) is 4.79 Å². The van der Waals surface area contributed by atoms with E-state index in [0.717, 1.165) is 0 Å². The fourth-order valence-electron chi connectivity index (χ4n) is 1.89. The van der Waals surface area contributed by atoms with E-state index in [1.54, 1.807) is 0 Å². The molecular formula is C11H17N3O5S. The number of rotatable bonds is 7. The fraction of sp³-hybridized carbons (Fsp3) is 0.455. The minimum Gasteiger partial charge on any atom is -0.477 e. The summed E-state index contributed by atoms with van der Waals surface area (Å²) in [6.07, 6.45) is 0.358. The zero-order valence-corrected chi connectivity index (χ0v) is 12.0. The molecule has 0 saturated carbocycles. The number of amides is 1. The van der Waals surface area contributed by atoms with Gasteiger partial charge in [-0.1, -0.05) is 0 Å². The predicted octanol–water partition coefficient (Wildman–Crippen LogP) is -0.126. The number of hydrogen-bond acceptors (Lipinski definition) is 4. The lowest BCUT2D eigenvalue weighted by atomic mass is 10.2. The van der Waals surface area contributed by atoms with E-state index in [0.29, 0.717) is 0 Å². The minimum absolute atomic E-state index is 0.0533. The summed E-state index contributed by atoms with van der Waals surface area (Å²) in [5, 5.41) is 8.95. The first-order valence-electron chi connectivity index (χ1n) is 5.87. The molecule has 20 heavy (non-hydrogen) atoms. The molecule has 1 aromatic heterocycles. The number of aromatic amines is 1. The molecule has 0 atom stereocenters. The highest BCUT2D eigenvalue weighted by molar-refractivity contribution is 7.89. The van der Waals surface area contributed by atoms with Crippen LogP contribution in [0, 0.1) is 13.8 Å². The molecule has 0 aliphatic rings. The monoisotopic (exact) mass is 303 g/mol. The number of hydrogen-bond donors (Lipinski definition) is 4. The third-order valence-electron chi connectivity index (χ3n) is 2.74. The summed E-state index contributed by atoms with van der Waals surface area (Å²) in [6, 6.07) is 0. The molecule has 0 unspecified atom stereocenters. The van der Waals surface area contributed by atoms with Crippen LogP contribution in [0.1, 0.15) is 34.6 Å². The molecule has 1 aromatic rings. The Hall–Kier alpha value is -1.87. The summed E-state index contributed by atoms with van der Waals surface area (Å²) < 4.78 is 26.5. The Morgan fingerprint density at radius 1 is 1.35 bits per heavy atom. The second kappa shape index (κ2) is 6.06. The van der Waals surface area contributed by atoms with Gasteiger partial charge in [0.15, 0.2) is 0 Å². The van der Waals surface area contributed by atoms with Crippen molar-refractivity contribution >= 4 is 21.9 Å². The van der Waals surface area contributed by atoms with Crippen LogP contribution in [0.3, 0.4) is 0 Å². The highest BCUT2D eigenvalue weighted by Gasteiger charge is 2.25. The zero-order valence-electron chi connectivity index (χ0n) is 11.2. The maximum atomic E-state index is 12.1. The van der Waals surface area contributed by atoms with Crippen molar-refractivity contribution in [3.63, 3.8) is 0 Å². The Bertz CT molecular complexity index is 633. The van der Waals surface area contributed by atoms with Gasteiger partial charge in [-0.15, -0.1) is 0 Å².